The van der Waals surface area contributed by atoms with E-state index >= 15 is 0 Å². The molecule has 0 saturated heterocycles. The van der Waals surface area contributed by atoms with Gasteiger partial charge in [-0.25, -0.2) is 0 Å². The predicted octanol–water partition coefficient (Wildman–Crippen LogP) is 3.43. The number of rotatable bonds is 6. The predicted molar refractivity (Wildman–Crippen MR) is 94.4 cm³/mol. The summed E-state index contributed by atoms with van der Waals surface area (Å²) >= 11 is 11.9. The second-order valence-corrected chi connectivity index (χ2v) is 5.83. The number of carbonyl (C=O) groups excluding carboxylic acids is 2. The van der Waals surface area contributed by atoms with Crippen molar-refractivity contribution in [3.8, 4) is 11.5 Å². The molecule has 0 aromatic heterocycles. The summed E-state index contributed by atoms with van der Waals surface area (Å²) in [4.78, 5) is 23.6. The van der Waals surface area contributed by atoms with Gasteiger partial charge in [0.25, 0.3) is 5.91 Å². The van der Waals surface area contributed by atoms with Gasteiger partial charge in [0.2, 0.25) is 0 Å². The van der Waals surface area contributed by atoms with Crippen LogP contribution in [-0.2, 0) is 20.7 Å². The van der Waals surface area contributed by atoms with Gasteiger partial charge in [-0.15, -0.1) is 0 Å². The van der Waals surface area contributed by atoms with Crippen molar-refractivity contribution in [1.29, 1.82) is 0 Å². The van der Waals surface area contributed by atoms with Crippen LogP contribution in [0.4, 0.5) is 5.69 Å². The van der Waals surface area contributed by atoms with Crippen molar-refractivity contribution in [2.24, 2.45) is 0 Å². The molecule has 0 aliphatic rings. The number of aromatic hydroxyl groups is 1. The number of halogens is 2. The number of amides is 1. The van der Waals surface area contributed by atoms with Gasteiger partial charge < -0.3 is 19.9 Å². The Hall–Kier alpha value is -2.44. The van der Waals surface area contributed by atoms with E-state index in [1.165, 1.54) is 31.4 Å². The normalized spacial score (nSPS) is 10.2. The van der Waals surface area contributed by atoms with Crippen LogP contribution in [0.15, 0.2) is 36.4 Å². The summed E-state index contributed by atoms with van der Waals surface area (Å²) in [6.45, 7) is -0.446. The van der Waals surface area contributed by atoms with Gasteiger partial charge in [0, 0.05) is 10.7 Å². The Bertz CT molecular complexity index is 795. The Morgan fingerprint density at radius 3 is 2.52 bits per heavy atom. The van der Waals surface area contributed by atoms with Crippen molar-refractivity contribution in [2.45, 2.75) is 6.42 Å². The summed E-state index contributed by atoms with van der Waals surface area (Å²) in [5.74, 6) is -0.640. The van der Waals surface area contributed by atoms with Crippen molar-refractivity contribution in [1.82, 2.24) is 0 Å². The van der Waals surface area contributed by atoms with Crippen molar-refractivity contribution in [3.63, 3.8) is 0 Å². The maximum absolute atomic E-state index is 11.8. The lowest BCUT2D eigenvalue weighted by Crippen LogP contribution is -2.21. The molecule has 132 valence electrons. The lowest BCUT2D eigenvalue weighted by molar-refractivity contribution is -0.146. The number of esters is 1. The molecule has 0 spiro atoms. The highest BCUT2D eigenvalue weighted by Gasteiger charge is 2.12. The summed E-state index contributed by atoms with van der Waals surface area (Å²) < 4.78 is 9.93. The number of carbonyl (C=O) groups is 2. The van der Waals surface area contributed by atoms with Crippen molar-refractivity contribution in [2.75, 3.05) is 19.0 Å². The number of anilines is 1. The minimum absolute atomic E-state index is 0.000326. The van der Waals surface area contributed by atoms with Gasteiger partial charge in [-0.3, -0.25) is 9.59 Å². The Labute approximate surface area is 154 Å². The fourth-order valence-electron chi connectivity index (χ4n) is 1.97. The first-order valence-corrected chi connectivity index (χ1v) is 7.91. The molecule has 0 saturated carbocycles. The van der Waals surface area contributed by atoms with Gasteiger partial charge in [0.15, 0.2) is 6.61 Å². The van der Waals surface area contributed by atoms with E-state index in [0.717, 1.165) is 0 Å². The largest absolute Gasteiger partial charge is 0.508 e. The van der Waals surface area contributed by atoms with Crippen LogP contribution in [0.5, 0.6) is 11.5 Å². The smallest absolute Gasteiger partial charge is 0.310 e. The van der Waals surface area contributed by atoms with Crippen LogP contribution in [0.2, 0.25) is 10.0 Å². The van der Waals surface area contributed by atoms with E-state index < -0.39 is 18.5 Å². The maximum Gasteiger partial charge on any atom is 0.310 e. The Morgan fingerprint density at radius 1 is 1.12 bits per heavy atom. The highest BCUT2D eigenvalue weighted by molar-refractivity contribution is 6.32. The summed E-state index contributed by atoms with van der Waals surface area (Å²) in [7, 11) is 1.49. The Morgan fingerprint density at radius 2 is 1.88 bits per heavy atom. The minimum Gasteiger partial charge on any atom is -0.508 e. The molecule has 0 fully saturated rings. The first kappa shape index (κ1) is 18.9. The van der Waals surface area contributed by atoms with Crippen molar-refractivity contribution in [3.05, 3.63) is 52.0 Å². The van der Waals surface area contributed by atoms with E-state index in [9.17, 15) is 14.7 Å². The van der Waals surface area contributed by atoms with E-state index in [1.807, 2.05) is 0 Å². The van der Waals surface area contributed by atoms with Gasteiger partial charge in [-0.05, 0) is 35.9 Å². The topological polar surface area (TPSA) is 84.9 Å². The van der Waals surface area contributed by atoms with E-state index in [2.05, 4.69) is 5.32 Å². The van der Waals surface area contributed by atoms with Crippen molar-refractivity contribution >= 4 is 40.8 Å². The van der Waals surface area contributed by atoms with Crippen LogP contribution in [-0.4, -0.2) is 30.7 Å². The number of hydrogen-bond donors (Lipinski definition) is 2. The second kappa shape index (κ2) is 8.60. The van der Waals surface area contributed by atoms with E-state index in [-0.39, 0.29) is 17.2 Å². The molecule has 0 aliphatic carbocycles. The molecule has 1 amide bonds. The van der Waals surface area contributed by atoms with Crippen LogP contribution in [0.3, 0.4) is 0 Å². The number of phenols is 1. The summed E-state index contributed by atoms with van der Waals surface area (Å²) in [5.41, 5.74) is 0.945. The lowest BCUT2D eigenvalue weighted by Gasteiger charge is -2.09. The molecule has 8 heteroatoms. The number of benzene rings is 2. The van der Waals surface area contributed by atoms with Gasteiger partial charge in [0.05, 0.1) is 18.6 Å². The van der Waals surface area contributed by atoms with Crippen LogP contribution in [0.1, 0.15) is 5.56 Å². The fourth-order valence-corrected chi connectivity index (χ4v) is 2.47. The number of ether oxygens (including phenoxy) is 2. The highest BCUT2D eigenvalue weighted by atomic mass is 35.5. The molecular formula is C17H15Cl2NO5. The average molecular weight is 384 g/mol. The number of phenolic OH excluding ortho intramolecular Hbond substituents is 1. The van der Waals surface area contributed by atoms with Crippen LogP contribution >= 0.6 is 23.2 Å². The molecular weight excluding hydrogens is 369 g/mol. The molecule has 25 heavy (non-hydrogen) atoms. The molecule has 0 unspecified atom stereocenters. The Kier molecular flexibility index (Phi) is 6.50. The average Bonchev–Trinajstić information content (AvgIpc) is 2.56. The van der Waals surface area contributed by atoms with E-state index in [1.54, 1.807) is 12.1 Å². The fraction of sp³-hybridized carbons (Fsp3) is 0.176. The molecule has 0 atom stereocenters. The zero-order chi connectivity index (χ0) is 18.4. The third-order valence-electron chi connectivity index (χ3n) is 3.17. The van der Waals surface area contributed by atoms with Gasteiger partial charge in [0.1, 0.15) is 11.5 Å². The van der Waals surface area contributed by atoms with E-state index in [0.29, 0.717) is 22.0 Å². The molecule has 0 radical (unpaired) electrons. The second-order valence-electron chi connectivity index (χ2n) is 5.01. The minimum atomic E-state index is -0.615. The van der Waals surface area contributed by atoms with Crippen molar-refractivity contribution < 1.29 is 24.2 Å². The van der Waals surface area contributed by atoms with E-state index in [4.69, 9.17) is 32.7 Å². The molecule has 2 rings (SSSR count). The highest BCUT2D eigenvalue weighted by Crippen LogP contribution is 2.27. The molecule has 2 aromatic carbocycles. The zero-order valence-electron chi connectivity index (χ0n) is 13.2. The first-order chi connectivity index (χ1) is 11.9. The third-order valence-corrected chi connectivity index (χ3v) is 3.82. The van der Waals surface area contributed by atoms with Gasteiger partial charge in [-0.1, -0.05) is 29.3 Å². The molecule has 0 bridgehead atoms. The first-order valence-electron chi connectivity index (χ1n) is 7.15. The number of hydrogen-bond acceptors (Lipinski definition) is 5. The third kappa shape index (κ3) is 5.55. The summed E-state index contributed by atoms with van der Waals surface area (Å²) in [5, 5.41) is 12.4. The van der Waals surface area contributed by atoms with Crippen LogP contribution in [0.25, 0.3) is 0 Å². The Balaban J connectivity index is 1.85. The summed E-state index contributed by atoms with van der Waals surface area (Å²) in [6.07, 6.45) is -0.110. The van der Waals surface area contributed by atoms with Gasteiger partial charge >= 0.3 is 5.97 Å². The molecule has 0 heterocycles. The molecule has 6 nitrogen and oxygen atoms in total. The quantitative estimate of drug-likeness (QED) is 0.746. The van der Waals surface area contributed by atoms with Crippen LogP contribution < -0.4 is 10.1 Å². The molecule has 0 aliphatic heterocycles. The zero-order valence-corrected chi connectivity index (χ0v) is 14.7. The maximum atomic E-state index is 11.8. The summed E-state index contributed by atoms with van der Waals surface area (Å²) in [6, 6.07) is 8.99. The lowest BCUT2D eigenvalue weighted by atomic mass is 10.1. The van der Waals surface area contributed by atoms with Gasteiger partial charge in [-0.2, -0.15) is 0 Å². The monoisotopic (exact) mass is 383 g/mol. The van der Waals surface area contributed by atoms with Crippen LogP contribution in [0, 0.1) is 0 Å². The SMILES string of the molecule is COc1ccc(NC(=O)COC(=O)Cc2ccc(O)cc2Cl)cc1Cl. The number of nitrogens with one attached hydrogen (secondary N) is 1. The molecule has 2 N–H and O–H groups in total. The standard InChI is InChI=1S/C17H15Cl2NO5/c1-24-15-5-3-11(7-14(15)19)20-16(22)9-25-17(23)6-10-2-4-12(21)8-13(10)18/h2-5,7-8,21H,6,9H2,1H3,(H,20,22). The number of methoxy groups -OCH3 is 1. The molecule has 2 aromatic rings.